The molecule has 0 saturated carbocycles. The van der Waals surface area contributed by atoms with Gasteiger partial charge in [-0.05, 0) is 31.2 Å². The van der Waals surface area contributed by atoms with Gasteiger partial charge in [-0.2, -0.15) is 0 Å². The van der Waals surface area contributed by atoms with Crippen molar-refractivity contribution >= 4 is 23.5 Å². The molecule has 0 saturated heterocycles. The van der Waals surface area contributed by atoms with E-state index < -0.39 is 0 Å². The molecule has 2 heterocycles. The zero-order valence-corrected chi connectivity index (χ0v) is 14.2. The zero-order chi connectivity index (χ0) is 15.4. The molecule has 1 aromatic carbocycles. The molecule has 3 aromatic rings. The summed E-state index contributed by atoms with van der Waals surface area (Å²) in [5, 5.41) is 9.34. The predicted octanol–water partition coefficient (Wildman–Crippen LogP) is 4.27. The molecule has 0 aliphatic rings. The second-order valence-electron chi connectivity index (χ2n) is 4.85. The summed E-state index contributed by atoms with van der Waals surface area (Å²) in [6, 6.07) is 12.4. The van der Waals surface area contributed by atoms with Gasteiger partial charge in [0.05, 0.1) is 6.26 Å². The Hall–Kier alpha value is -1.66. The van der Waals surface area contributed by atoms with E-state index in [1.54, 1.807) is 18.0 Å². The lowest BCUT2D eigenvalue weighted by Crippen LogP contribution is -1.95. The van der Waals surface area contributed by atoms with Crippen LogP contribution in [0.3, 0.4) is 0 Å². The Bertz CT molecular complexity index is 720. The van der Waals surface area contributed by atoms with Gasteiger partial charge in [0.25, 0.3) is 0 Å². The topological polar surface area (TPSA) is 43.9 Å². The number of thioether (sulfide) groups is 2. The monoisotopic (exact) mass is 331 g/mol. The van der Waals surface area contributed by atoms with Crippen LogP contribution in [-0.2, 0) is 7.05 Å². The fourth-order valence-corrected chi connectivity index (χ4v) is 3.78. The number of hydrogen-bond acceptors (Lipinski definition) is 5. The first-order valence-corrected chi connectivity index (χ1v) is 8.96. The van der Waals surface area contributed by atoms with Crippen LogP contribution in [0.4, 0.5) is 0 Å². The molecule has 22 heavy (non-hydrogen) atoms. The summed E-state index contributed by atoms with van der Waals surface area (Å²) >= 11 is 3.58. The van der Waals surface area contributed by atoms with Crippen molar-refractivity contribution in [3.8, 4) is 11.6 Å². The van der Waals surface area contributed by atoms with Crippen LogP contribution in [-0.4, -0.2) is 26.3 Å². The molecule has 0 radical (unpaired) electrons. The lowest BCUT2D eigenvalue weighted by Gasteiger charge is -2.03. The maximum atomic E-state index is 5.37. The molecule has 0 atom stereocenters. The number of aromatic nitrogens is 3. The van der Waals surface area contributed by atoms with Crippen molar-refractivity contribution in [2.75, 3.05) is 11.5 Å². The minimum atomic E-state index is 0.746. The number of aryl methyl sites for hydroxylation is 1. The van der Waals surface area contributed by atoms with Gasteiger partial charge < -0.3 is 8.98 Å². The number of nitrogens with zero attached hydrogens (tertiary/aromatic N) is 3. The Morgan fingerprint density at radius 3 is 2.55 bits per heavy atom. The molecule has 0 N–H and O–H groups in total. The highest BCUT2D eigenvalue weighted by atomic mass is 32.2. The first-order valence-electron chi connectivity index (χ1n) is 6.99. The first kappa shape index (κ1) is 15.2. The summed E-state index contributed by atoms with van der Waals surface area (Å²) in [7, 11) is 1.97. The first-order chi connectivity index (χ1) is 10.7. The van der Waals surface area contributed by atoms with Crippen molar-refractivity contribution in [3.63, 3.8) is 0 Å². The van der Waals surface area contributed by atoms with Crippen molar-refractivity contribution in [2.24, 2.45) is 7.05 Å². The fourth-order valence-electron chi connectivity index (χ4n) is 1.99. The molecule has 0 amide bonds. The average molecular weight is 331 g/mol. The normalized spacial score (nSPS) is 11.0. The van der Waals surface area contributed by atoms with Crippen molar-refractivity contribution in [1.82, 2.24) is 14.8 Å². The van der Waals surface area contributed by atoms with Gasteiger partial charge in [-0.3, -0.25) is 0 Å². The Kier molecular flexibility index (Phi) is 4.90. The second-order valence-corrected chi connectivity index (χ2v) is 7.08. The van der Waals surface area contributed by atoms with Crippen LogP contribution >= 0.6 is 23.5 Å². The molecular weight excluding hydrogens is 314 g/mol. The summed E-state index contributed by atoms with van der Waals surface area (Å²) in [5.41, 5.74) is 1.29. The van der Waals surface area contributed by atoms with E-state index in [4.69, 9.17) is 4.42 Å². The molecule has 4 nitrogen and oxygen atoms in total. The maximum absolute atomic E-state index is 5.37. The van der Waals surface area contributed by atoms with Crippen molar-refractivity contribution in [1.29, 1.82) is 0 Å². The van der Waals surface area contributed by atoms with Crippen LogP contribution in [0.2, 0.25) is 0 Å². The minimum absolute atomic E-state index is 0.746. The number of furan rings is 1. The van der Waals surface area contributed by atoms with E-state index >= 15 is 0 Å². The standard InChI is InChI=1S/C16H17N3OS2/c1-12-5-7-13(8-6-12)21-10-11-22-16-18-17-15(19(16)2)14-4-3-9-20-14/h3-9H,10-11H2,1-2H3. The Balaban J connectivity index is 1.53. The van der Waals surface area contributed by atoms with Gasteiger partial charge in [-0.1, -0.05) is 29.5 Å². The molecule has 0 unspecified atom stereocenters. The number of rotatable bonds is 6. The number of benzene rings is 1. The van der Waals surface area contributed by atoms with Gasteiger partial charge in [0.2, 0.25) is 0 Å². The second kappa shape index (κ2) is 7.07. The molecule has 2 aromatic heterocycles. The van der Waals surface area contributed by atoms with Crippen molar-refractivity contribution in [2.45, 2.75) is 17.0 Å². The Morgan fingerprint density at radius 1 is 1.05 bits per heavy atom. The van der Waals surface area contributed by atoms with Crippen LogP contribution in [0.5, 0.6) is 0 Å². The molecule has 3 rings (SSSR count). The van der Waals surface area contributed by atoms with E-state index in [0.29, 0.717) is 0 Å². The molecule has 0 aliphatic heterocycles. The van der Waals surface area contributed by atoms with Crippen LogP contribution in [0.25, 0.3) is 11.6 Å². The lowest BCUT2D eigenvalue weighted by atomic mass is 10.2. The highest BCUT2D eigenvalue weighted by Gasteiger charge is 2.12. The predicted molar refractivity (Wildman–Crippen MR) is 91.3 cm³/mol. The summed E-state index contributed by atoms with van der Waals surface area (Å²) in [4.78, 5) is 1.31. The maximum Gasteiger partial charge on any atom is 0.200 e. The largest absolute Gasteiger partial charge is 0.461 e. The van der Waals surface area contributed by atoms with Gasteiger partial charge in [0.1, 0.15) is 0 Å². The van der Waals surface area contributed by atoms with E-state index in [2.05, 4.69) is 41.4 Å². The third-order valence-corrected chi connectivity index (χ3v) is 5.47. The van der Waals surface area contributed by atoms with E-state index in [1.807, 2.05) is 35.5 Å². The van der Waals surface area contributed by atoms with E-state index in [0.717, 1.165) is 28.2 Å². The zero-order valence-electron chi connectivity index (χ0n) is 12.5. The summed E-state index contributed by atoms with van der Waals surface area (Å²) in [5.74, 6) is 3.54. The van der Waals surface area contributed by atoms with Crippen LogP contribution in [0, 0.1) is 6.92 Å². The van der Waals surface area contributed by atoms with Gasteiger partial charge in [-0.15, -0.1) is 22.0 Å². The van der Waals surface area contributed by atoms with Gasteiger partial charge in [0, 0.05) is 23.4 Å². The summed E-state index contributed by atoms with van der Waals surface area (Å²) < 4.78 is 7.34. The third kappa shape index (κ3) is 3.56. The quantitative estimate of drug-likeness (QED) is 0.498. The van der Waals surface area contributed by atoms with E-state index in [-0.39, 0.29) is 0 Å². The molecule has 0 aliphatic carbocycles. The van der Waals surface area contributed by atoms with Crippen molar-refractivity contribution in [3.05, 3.63) is 48.2 Å². The SMILES string of the molecule is Cc1ccc(SCCSc2nnc(-c3ccco3)n2C)cc1. The fraction of sp³-hybridized carbons (Fsp3) is 0.250. The van der Waals surface area contributed by atoms with Crippen LogP contribution < -0.4 is 0 Å². The Labute approximate surface area is 138 Å². The molecule has 0 bridgehead atoms. The highest BCUT2D eigenvalue weighted by Crippen LogP contribution is 2.25. The van der Waals surface area contributed by atoms with E-state index in [9.17, 15) is 0 Å². The van der Waals surface area contributed by atoms with Gasteiger partial charge >= 0.3 is 0 Å². The molecular formula is C16H17N3OS2. The van der Waals surface area contributed by atoms with E-state index in [1.165, 1.54) is 10.5 Å². The minimum Gasteiger partial charge on any atom is -0.461 e. The summed E-state index contributed by atoms with van der Waals surface area (Å²) in [6.45, 7) is 2.11. The van der Waals surface area contributed by atoms with Crippen molar-refractivity contribution < 1.29 is 4.42 Å². The van der Waals surface area contributed by atoms with Gasteiger partial charge in [-0.25, -0.2) is 0 Å². The molecule has 6 heteroatoms. The Morgan fingerprint density at radius 2 is 1.82 bits per heavy atom. The highest BCUT2D eigenvalue weighted by molar-refractivity contribution is 8.02. The average Bonchev–Trinajstić information content (AvgIpc) is 3.16. The molecule has 114 valence electrons. The van der Waals surface area contributed by atoms with Crippen LogP contribution in [0.1, 0.15) is 5.56 Å². The van der Waals surface area contributed by atoms with Gasteiger partial charge in [0.15, 0.2) is 16.7 Å². The molecule has 0 spiro atoms. The van der Waals surface area contributed by atoms with Crippen LogP contribution in [0.15, 0.2) is 57.1 Å². The smallest absolute Gasteiger partial charge is 0.200 e. The number of hydrogen-bond donors (Lipinski definition) is 0. The molecule has 0 fully saturated rings. The third-order valence-electron chi connectivity index (χ3n) is 3.18. The lowest BCUT2D eigenvalue weighted by molar-refractivity contribution is 0.572. The summed E-state index contributed by atoms with van der Waals surface area (Å²) in [6.07, 6.45) is 1.65.